The molecule has 1 amide bonds. The quantitative estimate of drug-likeness (QED) is 0.817. The van der Waals surface area contributed by atoms with E-state index >= 15 is 0 Å². The zero-order valence-electron chi connectivity index (χ0n) is 10.4. The standard InChI is InChI=1S/C14H19N3O/c15-13(18)11-3-1-2-4-12(11)14(16)9-10-5-7-17(14)8-6-10/h1-4,10H,5-9,16H2,(H2,15,18). The van der Waals surface area contributed by atoms with Gasteiger partial charge in [-0.2, -0.15) is 0 Å². The number of nitrogens with zero attached hydrogens (tertiary/aromatic N) is 1. The van der Waals surface area contributed by atoms with Crippen molar-refractivity contribution < 1.29 is 4.79 Å². The van der Waals surface area contributed by atoms with Gasteiger partial charge < -0.3 is 11.5 Å². The normalized spacial score (nSPS) is 34.5. The highest BCUT2D eigenvalue weighted by molar-refractivity contribution is 5.94. The van der Waals surface area contributed by atoms with E-state index in [0.29, 0.717) is 11.5 Å². The highest BCUT2D eigenvalue weighted by Gasteiger charge is 2.45. The molecular formula is C14H19N3O. The number of benzene rings is 1. The minimum Gasteiger partial charge on any atom is -0.366 e. The summed E-state index contributed by atoms with van der Waals surface area (Å²) in [4.78, 5) is 13.9. The Morgan fingerprint density at radius 2 is 1.94 bits per heavy atom. The second kappa shape index (κ2) is 4.07. The Labute approximate surface area is 107 Å². The van der Waals surface area contributed by atoms with Crippen molar-refractivity contribution in [3.8, 4) is 0 Å². The van der Waals surface area contributed by atoms with Gasteiger partial charge in [-0.3, -0.25) is 9.69 Å². The van der Waals surface area contributed by atoms with E-state index in [1.54, 1.807) is 6.07 Å². The molecule has 0 saturated carbocycles. The van der Waals surface area contributed by atoms with Gasteiger partial charge in [0.2, 0.25) is 5.91 Å². The molecule has 0 radical (unpaired) electrons. The van der Waals surface area contributed by atoms with E-state index in [-0.39, 0.29) is 0 Å². The molecule has 0 aliphatic carbocycles. The lowest BCUT2D eigenvalue weighted by Crippen LogP contribution is -2.62. The number of carbonyl (C=O) groups excluding carboxylic acids is 1. The van der Waals surface area contributed by atoms with Crippen LogP contribution in [0.2, 0.25) is 0 Å². The van der Waals surface area contributed by atoms with Gasteiger partial charge in [-0.05, 0) is 36.8 Å². The molecule has 3 fully saturated rings. The summed E-state index contributed by atoms with van der Waals surface area (Å²) >= 11 is 0. The van der Waals surface area contributed by atoms with E-state index in [1.165, 1.54) is 12.8 Å². The third-order valence-electron chi connectivity index (χ3n) is 4.44. The van der Waals surface area contributed by atoms with Gasteiger partial charge in [0.05, 0.1) is 5.66 Å². The number of rotatable bonds is 2. The van der Waals surface area contributed by atoms with Crippen LogP contribution in [0.1, 0.15) is 35.2 Å². The molecule has 1 unspecified atom stereocenters. The lowest BCUT2D eigenvalue weighted by atomic mass is 9.75. The Morgan fingerprint density at radius 1 is 1.28 bits per heavy atom. The number of carbonyl (C=O) groups is 1. The molecule has 3 aliphatic rings. The predicted octanol–water partition coefficient (Wildman–Crippen LogP) is 1.01. The number of fused-ring (bicyclic) bond motifs is 3. The summed E-state index contributed by atoms with van der Waals surface area (Å²) in [6, 6.07) is 7.49. The Hall–Kier alpha value is -1.39. The molecule has 3 heterocycles. The van der Waals surface area contributed by atoms with Gasteiger partial charge in [0, 0.05) is 18.7 Å². The fourth-order valence-electron chi connectivity index (χ4n) is 3.46. The second-order valence-corrected chi connectivity index (χ2v) is 5.47. The van der Waals surface area contributed by atoms with Crippen LogP contribution in [0.4, 0.5) is 0 Å². The minimum atomic E-state index is -0.507. The number of nitrogens with two attached hydrogens (primary N) is 2. The minimum absolute atomic E-state index is 0.391. The lowest BCUT2D eigenvalue weighted by Gasteiger charge is -2.53. The molecule has 1 atom stereocenters. The van der Waals surface area contributed by atoms with E-state index in [2.05, 4.69) is 4.90 Å². The maximum atomic E-state index is 11.6. The van der Waals surface area contributed by atoms with Gasteiger partial charge in [0.15, 0.2) is 0 Å². The smallest absolute Gasteiger partial charge is 0.249 e. The highest BCUT2D eigenvalue weighted by Crippen LogP contribution is 2.42. The van der Waals surface area contributed by atoms with Crippen molar-refractivity contribution in [1.29, 1.82) is 0 Å². The Bertz CT molecular complexity index is 480. The molecule has 4 rings (SSSR count). The summed E-state index contributed by atoms with van der Waals surface area (Å²) in [6.45, 7) is 2.04. The van der Waals surface area contributed by atoms with Gasteiger partial charge in [0.1, 0.15) is 0 Å². The summed E-state index contributed by atoms with van der Waals surface area (Å²) in [5.41, 5.74) is 13.0. The van der Waals surface area contributed by atoms with Gasteiger partial charge in [-0.1, -0.05) is 18.2 Å². The Kier molecular flexibility index (Phi) is 2.64. The van der Waals surface area contributed by atoms with Crippen LogP contribution >= 0.6 is 0 Å². The average molecular weight is 245 g/mol. The fourth-order valence-corrected chi connectivity index (χ4v) is 3.46. The molecule has 3 aliphatic heterocycles. The van der Waals surface area contributed by atoms with Crippen LogP contribution in [0.3, 0.4) is 0 Å². The zero-order chi connectivity index (χ0) is 12.8. The van der Waals surface area contributed by atoms with E-state index in [0.717, 1.165) is 25.1 Å². The summed E-state index contributed by atoms with van der Waals surface area (Å²) < 4.78 is 0. The molecule has 96 valence electrons. The molecule has 4 N–H and O–H groups in total. The highest BCUT2D eigenvalue weighted by atomic mass is 16.1. The number of hydrogen-bond acceptors (Lipinski definition) is 3. The first-order valence-electron chi connectivity index (χ1n) is 6.54. The van der Waals surface area contributed by atoms with Crippen LogP contribution in [-0.4, -0.2) is 23.9 Å². The molecule has 1 aromatic carbocycles. The molecule has 2 bridgehead atoms. The van der Waals surface area contributed by atoms with Crippen molar-refractivity contribution in [3.05, 3.63) is 35.4 Å². The maximum Gasteiger partial charge on any atom is 0.249 e. The van der Waals surface area contributed by atoms with E-state index in [1.807, 2.05) is 18.2 Å². The average Bonchev–Trinajstić information content (AvgIpc) is 2.40. The first kappa shape index (κ1) is 11.7. The third-order valence-corrected chi connectivity index (χ3v) is 4.44. The first-order valence-corrected chi connectivity index (χ1v) is 6.54. The van der Waals surface area contributed by atoms with Gasteiger partial charge in [0.25, 0.3) is 0 Å². The molecule has 0 spiro atoms. The number of amides is 1. The SMILES string of the molecule is NC(=O)c1ccccc1C1(N)CC2CCN1CC2. The van der Waals surface area contributed by atoms with Gasteiger partial charge in [-0.25, -0.2) is 0 Å². The van der Waals surface area contributed by atoms with Crippen molar-refractivity contribution >= 4 is 5.91 Å². The first-order chi connectivity index (χ1) is 8.61. The molecule has 0 aromatic heterocycles. The molecule has 4 heteroatoms. The van der Waals surface area contributed by atoms with E-state index < -0.39 is 11.6 Å². The summed E-state index contributed by atoms with van der Waals surface area (Å²) in [5.74, 6) is 0.291. The van der Waals surface area contributed by atoms with Crippen molar-refractivity contribution in [2.24, 2.45) is 17.4 Å². The monoisotopic (exact) mass is 245 g/mol. The third kappa shape index (κ3) is 1.64. The second-order valence-electron chi connectivity index (χ2n) is 5.47. The van der Waals surface area contributed by atoms with Gasteiger partial charge >= 0.3 is 0 Å². The maximum absolute atomic E-state index is 11.6. The lowest BCUT2D eigenvalue weighted by molar-refractivity contribution is -0.0302. The van der Waals surface area contributed by atoms with E-state index in [4.69, 9.17) is 11.5 Å². The Morgan fingerprint density at radius 3 is 2.50 bits per heavy atom. The van der Waals surface area contributed by atoms with E-state index in [9.17, 15) is 4.79 Å². The van der Waals surface area contributed by atoms with Crippen LogP contribution in [0.25, 0.3) is 0 Å². The van der Waals surface area contributed by atoms with Crippen LogP contribution in [0.15, 0.2) is 24.3 Å². The summed E-state index contributed by atoms with van der Waals surface area (Å²) in [6.07, 6.45) is 3.37. The number of piperidine rings is 3. The molecule has 4 nitrogen and oxygen atoms in total. The molecule has 1 aromatic rings. The van der Waals surface area contributed by atoms with Crippen LogP contribution in [0.5, 0.6) is 0 Å². The number of primary amides is 1. The van der Waals surface area contributed by atoms with Crippen molar-refractivity contribution in [1.82, 2.24) is 4.90 Å². The largest absolute Gasteiger partial charge is 0.366 e. The summed E-state index contributed by atoms with van der Waals surface area (Å²) in [7, 11) is 0. The van der Waals surface area contributed by atoms with Crippen molar-refractivity contribution in [3.63, 3.8) is 0 Å². The topological polar surface area (TPSA) is 72.3 Å². The predicted molar refractivity (Wildman–Crippen MR) is 69.7 cm³/mol. The number of hydrogen-bond donors (Lipinski definition) is 2. The van der Waals surface area contributed by atoms with Crippen molar-refractivity contribution in [2.75, 3.05) is 13.1 Å². The molecule has 18 heavy (non-hydrogen) atoms. The molecular weight excluding hydrogens is 226 g/mol. The van der Waals surface area contributed by atoms with Crippen LogP contribution in [0, 0.1) is 5.92 Å². The fraction of sp³-hybridized carbons (Fsp3) is 0.500. The molecule has 3 saturated heterocycles. The van der Waals surface area contributed by atoms with Crippen LogP contribution in [-0.2, 0) is 5.66 Å². The van der Waals surface area contributed by atoms with Crippen LogP contribution < -0.4 is 11.5 Å². The zero-order valence-corrected chi connectivity index (χ0v) is 10.4. The Balaban J connectivity index is 2.06. The van der Waals surface area contributed by atoms with Gasteiger partial charge in [-0.15, -0.1) is 0 Å². The summed E-state index contributed by atoms with van der Waals surface area (Å²) in [5, 5.41) is 0. The van der Waals surface area contributed by atoms with Crippen molar-refractivity contribution in [2.45, 2.75) is 24.9 Å².